The number of para-hydroxylation sites is 1. The van der Waals surface area contributed by atoms with Gasteiger partial charge >= 0.3 is 6.03 Å². The maximum absolute atomic E-state index is 13.8. The van der Waals surface area contributed by atoms with Crippen molar-refractivity contribution in [3.8, 4) is 17.2 Å². The highest BCUT2D eigenvalue weighted by Gasteiger charge is 2.55. The molecule has 38 heavy (non-hydrogen) atoms. The van der Waals surface area contributed by atoms with Crippen LogP contribution in [0.4, 0.5) is 10.5 Å². The molecule has 10 heteroatoms. The predicted molar refractivity (Wildman–Crippen MR) is 149 cm³/mol. The van der Waals surface area contributed by atoms with Gasteiger partial charge in [-0.1, -0.05) is 36.9 Å². The number of carbonyl (C=O) groups excluding carboxylic acids is 1. The number of methoxy groups -OCH3 is 4. The number of hydrogen-bond donors (Lipinski definition) is 1. The number of rotatable bonds is 10. The molecular weight excluding hydrogens is 508 g/mol. The van der Waals surface area contributed by atoms with Crippen molar-refractivity contribution in [2.24, 2.45) is 0 Å². The Labute approximate surface area is 229 Å². The molecule has 1 N–H and O–H groups in total. The molecule has 2 amide bonds. The predicted octanol–water partition coefficient (Wildman–Crippen LogP) is 5.89. The van der Waals surface area contributed by atoms with Crippen molar-refractivity contribution in [2.75, 3.05) is 39.9 Å². The Morgan fingerprint density at radius 2 is 1.66 bits per heavy atom. The van der Waals surface area contributed by atoms with E-state index in [1.807, 2.05) is 49.4 Å². The third-order valence-electron chi connectivity index (χ3n) is 6.37. The summed E-state index contributed by atoms with van der Waals surface area (Å²) in [5.74, 6) is 1.45. The van der Waals surface area contributed by atoms with Crippen molar-refractivity contribution < 1.29 is 33.7 Å². The number of thioether (sulfide) groups is 1. The van der Waals surface area contributed by atoms with Crippen LogP contribution in [0.25, 0.3) is 0 Å². The second-order valence-corrected chi connectivity index (χ2v) is 11.3. The van der Waals surface area contributed by atoms with Crippen molar-refractivity contribution in [1.29, 1.82) is 0 Å². The zero-order chi connectivity index (χ0) is 28.1. The highest BCUT2D eigenvalue weighted by molar-refractivity contribution is 8.01. The van der Waals surface area contributed by atoms with Crippen LogP contribution < -0.4 is 19.1 Å². The fourth-order valence-electron chi connectivity index (χ4n) is 4.45. The van der Waals surface area contributed by atoms with Crippen molar-refractivity contribution in [2.45, 2.75) is 62.5 Å². The van der Waals surface area contributed by atoms with Crippen molar-refractivity contribution >= 4 is 23.5 Å². The van der Waals surface area contributed by atoms with E-state index in [0.29, 0.717) is 36.0 Å². The lowest BCUT2D eigenvalue weighted by Gasteiger charge is -2.38. The van der Waals surface area contributed by atoms with E-state index in [0.717, 1.165) is 17.0 Å². The Bertz CT molecular complexity index is 1050. The number of ether oxygens (including phenoxy) is 5. The van der Waals surface area contributed by atoms with E-state index in [9.17, 15) is 10.0 Å². The molecular formula is C28H40N2O7S. The summed E-state index contributed by atoms with van der Waals surface area (Å²) < 4.78 is 29.4. The van der Waals surface area contributed by atoms with Crippen LogP contribution in [0.2, 0.25) is 0 Å². The largest absolute Gasteiger partial charge is 0.493 e. The zero-order valence-electron chi connectivity index (χ0n) is 23.5. The molecule has 3 unspecified atom stereocenters. The van der Waals surface area contributed by atoms with E-state index in [1.54, 1.807) is 54.1 Å². The molecule has 0 saturated carbocycles. The molecule has 2 aromatic rings. The number of benzene rings is 2. The van der Waals surface area contributed by atoms with Gasteiger partial charge < -0.3 is 23.7 Å². The zero-order valence-corrected chi connectivity index (χ0v) is 24.3. The normalized spacial score (nSPS) is 21.2. The topological polar surface area (TPSA) is 89.9 Å². The number of urea groups is 1. The summed E-state index contributed by atoms with van der Waals surface area (Å²) in [5.41, 5.74) is 0.613. The van der Waals surface area contributed by atoms with Gasteiger partial charge in [0.25, 0.3) is 0 Å². The van der Waals surface area contributed by atoms with Crippen molar-refractivity contribution in [1.82, 2.24) is 5.06 Å². The monoisotopic (exact) mass is 548 g/mol. The minimum Gasteiger partial charge on any atom is -0.493 e. The molecule has 1 heterocycles. The summed E-state index contributed by atoms with van der Waals surface area (Å²) in [6, 6.07) is 12.5. The van der Waals surface area contributed by atoms with Crippen LogP contribution in [0.15, 0.2) is 42.5 Å². The number of carbonyl (C=O) groups is 1. The number of hydrogen-bond acceptors (Lipinski definition) is 8. The minimum absolute atomic E-state index is 0.428. The molecule has 2 aromatic carbocycles. The third-order valence-corrected chi connectivity index (χ3v) is 8.01. The summed E-state index contributed by atoms with van der Waals surface area (Å²) in [4.78, 5) is 14.4. The summed E-state index contributed by atoms with van der Waals surface area (Å²) in [7, 11) is 6.33. The van der Waals surface area contributed by atoms with Gasteiger partial charge in [-0.05, 0) is 51.5 Å². The minimum atomic E-state index is -1.00. The van der Waals surface area contributed by atoms with Gasteiger partial charge in [-0.15, -0.1) is 0 Å². The maximum Gasteiger partial charge on any atom is 0.349 e. The van der Waals surface area contributed by atoms with Gasteiger partial charge in [0.2, 0.25) is 5.75 Å². The molecule has 210 valence electrons. The Hall–Kier alpha value is -2.66. The Kier molecular flexibility index (Phi) is 9.80. The SMILES string of the molecule is CCCOC1(c2cc(OC)c(OC)c(OC)c2)SC(N(C(=O)N(O)C(C)(C)C)c2ccccc2)CC1OC. The van der Waals surface area contributed by atoms with E-state index >= 15 is 0 Å². The van der Waals surface area contributed by atoms with Gasteiger partial charge in [0.15, 0.2) is 16.4 Å². The van der Waals surface area contributed by atoms with E-state index in [4.69, 9.17) is 23.7 Å². The third kappa shape index (κ3) is 5.83. The Morgan fingerprint density at radius 3 is 2.13 bits per heavy atom. The number of nitrogens with zero attached hydrogens (tertiary/aromatic N) is 2. The average molecular weight is 549 g/mol. The molecule has 1 aliphatic rings. The first-order valence-corrected chi connectivity index (χ1v) is 13.5. The van der Waals surface area contributed by atoms with Gasteiger partial charge in [0, 0.05) is 31.4 Å². The molecule has 1 saturated heterocycles. The van der Waals surface area contributed by atoms with Crippen molar-refractivity contribution in [3.05, 3.63) is 48.0 Å². The first kappa shape index (κ1) is 29.9. The number of amides is 2. The molecule has 3 atom stereocenters. The van der Waals surface area contributed by atoms with Crippen LogP contribution >= 0.6 is 11.8 Å². The van der Waals surface area contributed by atoms with Gasteiger partial charge in [-0.2, -0.15) is 0 Å². The molecule has 1 fully saturated rings. The molecule has 9 nitrogen and oxygen atoms in total. The summed E-state index contributed by atoms with van der Waals surface area (Å²) in [6.07, 6.45) is 0.789. The van der Waals surface area contributed by atoms with Crippen LogP contribution in [0, 0.1) is 0 Å². The summed E-state index contributed by atoms with van der Waals surface area (Å²) in [5, 5.41) is 11.2. The smallest absolute Gasteiger partial charge is 0.349 e. The molecule has 0 aromatic heterocycles. The lowest BCUT2D eigenvalue weighted by atomic mass is 9.99. The average Bonchev–Trinajstić information content (AvgIpc) is 3.29. The first-order chi connectivity index (χ1) is 18.1. The lowest BCUT2D eigenvalue weighted by molar-refractivity contribution is -0.105. The summed E-state index contributed by atoms with van der Waals surface area (Å²) in [6.45, 7) is 7.83. The number of anilines is 1. The highest BCUT2D eigenvalue weighted by Crippen LogP contribution is 2.56. The first-order valence-electron chi connectivity index (χ1n) is 12.6. The standard InChI is InChI=1S/C28H40N2O7S/c1-9-15-37-28(19-16-21(33-5)25(36-8)22(17-19)34-6)23(35-7)18-24(38-28)29(20-13-11-10-12-14-20)26(31)30(32)27(2,3)4/h10-14,16-17,23-24,32H,9,15,18H2,1-8H3. The van der Waals surface area contributed by atoms with Gasteiger partial charge in [0.05, 0.1) is 32.2 Å². The van der Waals surface area contributed by atoms with Crippen LogP contribution in [0.5, 0.6) is 17.2 Å². The van der Waals surface area contributed by atoms with Crippen LogP contribution in [0.1, 0.15) is 46.1 Å². The van der Waals surface area contributed by atoms with E-state index < -0.39 is 28.0 Å². The number of hydroxylamine groups is 2. The van der Waals surface area contributed by atoms with Crippen LogP contribution in [0.3, 0.4) is 0 Å². The maximum atomic E-state index is 13.8. The van der Waals surface area contributed by atoms with E-state index in [-0.39, 0.29) is 0 Å². The highest BCUT2D eigenvalue weighted by atomic mass is 32.2. The lowest BCUT2D eigenvalue weighted by Crippen LogP contribution is -2.52. The van der Waals surface area contributed by atoms with Crippen molar-refractivity contribution in [3.63, 3.8) is 0 Å². The fraction of sp³-hybridized carbons (Fsp3) is 0.536. The van der Waals surface area contributed by atoms with Gasteiger partial charge in [-0.3, -0.25) is 10.1 Å². The molecule has 0 radical (unpaired) electrons. The van der Waals surface area contributed by atoms with Crippen LogP contribution in [-0.4, -0.2) is 68.4 Å². The van der Waals surface area contributed by atoms with Gasteiger partial charge in [-0.25, -0.2) is 9.86 Å². The van der Waals surface area contributed by atoms with Gasteiger partial charge in [0.1, 0.15) is 6.10 Å². The Balaban J connectivity index is 2.17. The molecule has 3 rings (SSSR count). The molecule has 1 aliphatic heterocycles. The van der Waals surface area contributed by atoms with Crippen LogP contribution in [-0.2, 0) is 14.4 Å². The Morgan fingerprint density at radius 1 is 1.05 bits per heavy atom. The molecule has 0 spiro atoms. The van der Waals surface area contributed by atoms with E-state index in [1.165, 1.54) is 11.8 Å². The molecule has 0 bridgehead atoms. The summed E-state index contributed by atoms with van der Waals surface area (Å²) >= 11 is 1.46. The second-order valence-electron chi connectivity index (χ2n) is 9.93. The fourth-order valence-corrected chi connectivity index (χ4v) is 6.19. The second kappa shape index (κ2) is 12.5. The molecule has 0 aliphatic carbocycles. The quantitative estimate of drug-likeness (QED) is 0.291. The van der Waals surface area contributed by atoms with E-state index in [2.05, 4.69) is 0 Å².